The summed E-state index contributed by atoms with van der Waals surface area (Å²) in [6.45, 7) is 3.17. The molecule has 1 aromatic heterocycles. The Morgan fingerprint density at radius 2 is 1.51 bits per heavy atom. The van der Waals surface area contributed by atoms with Crippen molar-refractivity contribution >= 4 is 17.7 Å². The SMILES string of the molecule is CC(Sc1nnc(C2COc3ccccc3O2)o1)C(=O)N(Cc1ccccc1)Cc1ccccc1. The van der Waals surface area contributed by atoms with Crippen LogP contribution in [0.15, 0.2) is 94.6 Å². The lowest BCUT2D eigenvalue weighted by Gasteiger charge is -2.25. The maximum atomic E-state index is 13.5. The molecule has 0 saturated carbocycles. The molecule has 1 aliphatic rings. The van der Waals surface area contributed by atoms with Gasteiger partial charge in [-0.2, -0.15) is 0 Å². The number of carbonyl (C=O) groups is 1. The van der Waals surface area contributed by atoms with Crippen molar-refractivity contribution in [3.63, 3.8) is 0 Å². The molecule has 0 N–H and O–H groups in total. The van der Waals surface area contributed by atoms with Crippen LogP contribution in [0.5, 0.6) is 11.5 Å². The summed E-state index contributed by atoms with van der Waals surface area (Å²) >= 11 is 1.24. The van der Waals surface area contributed by atoms with Gasteiger partial charge in [0.15, 0.2) is 11.5 Å². The monoisotopic (exact) mass is 487 g/mol. The molecule has 0 saturated heterocycles. The number of hydrogen-bond donors (Lipinski definition) is 0. The van der Waals surface area contributed by atoms with Crippen LogP contribution in [-0.4, -0.2) is 32.9 Å². The first-order valence-electron chi connectivity index (χ1n) is 11.4. The summed E-state index contributed by atoms with van der Waals surface area (Å²) in [6.07, 6.45) is -0.495. The Morgan fingerprint density at radius 3 is 2.17 bits per heavy atom. The number of hydrogen-bond acceptors (Lipinski definition) is 7. The summed E-state index contributed by atoms with van der Waals surface area (Å²) in [6, 6.07) is 27.4. The minimum Gasteiger partial charge on any atom is -0.485 e. The average molecular weight is 488 g/mol. The summed E-state index contributed by atoms with van der Waals surface area (Å²) in [4.78, 5) is 15.3. The Kier molecular flexibility index (Phi) is 6.99. The summed E-state index contributed by atoms with van der Waals surface area (Å²) in [5.74, 6) is 1.65. The standard InChI is InChI=1S/C27H25N3O4S/c1-19(26(31)30(16-20-10-4-2-5-11-20)17-21-12-6-3-7-13-21)35-27-29-28-25(34-27)24-18-32-22-14-8-9-15-23(22)33-24/h2-15,19,24H,16-18H2,1H3. The van der Waals surface area contributed by atoms with E-state index >= 15 is 0 Å². The zero-order chi connectivity index (χ0) is 24.0. The van der Waals surface area contributed by atoms with Crippen LogP contribution >= 0.6 is 11.8 Å². The molecule has 1 aliphatic heterocycles. The van der Waals surface area contributed by atoms with Gasteiger partial charge in [0.1, 0.15) is 6.61 Å². The second kappa shape index (κ2) is 10.7. The largest absolute Gasteiger partial charge is 0.485 e. The van der Waals surface area contributed by atoms with Crippen LogP contribution in [0.3, 0.4) is 0 Å². The number of thioether (sulfide) groups is 1. The number of benzene rings is 3. The zero-order valence-corrected chi connectivity index (χ0v) is 20.1. The fourth-order valence-electron chi connectivity index (χ4n) is 3.82. The highest BCUT2D eigenvalue weighted by Crippen LogP contribution is 2.36. The van der Waals surface area contributed by atoms with E-state index in [9.17, 15) is 4.79 Å². The van der Waals surface area contributed by atoms with E-state index in [0.717, 1.165) is 11.1 Å². The summed E-state index contributed by atoms with van der Waals surface area (Å²) < 4.78 is 17.5. The third-order valence-corrected chi connectivity index (χ3v) is 6.50. The van der Waals surface area contributed by atoms with Gasteiger partial charge in [-0.15, -0.1) is 10.2 Å². The number of rotatable bonds is 8. The average Bonchev–Trinajstić information content (AvgIpc) is 3.37. The molecule has 2 heterocycles. The van der Waals surface area contributed by atoms with E-state index in [-0.39, 0.29) is 12.5 Å². The number of para-hydroxylation sites is 2. The van der Waals surface area contributed by atoms with Gasteiger partial charge in [-0.1, -0.05) is 84.6 Å². The highest BCUT2D eigenvalue weighted by atomic mass is 32.2. The van der Waals surface area contributed by atoms with Crippen molar-refractivity contribution in [1.29, 1.82) is 0 Å². The summed E-state index contributed by atoms with van der Waals surface area (Å²) in [5.41, 5.74) is 2.15. The predicted molar refractivity (Wildman–Crippen MR) is 132 cm³/mol. The fraction of sp³-hybridized carbons (Fsp3) is 0.222. The molecule has 4 aromatic rings. The van der Waals surface area contributed by atoms with Crippen LogP contribution in [-0.2, 0) is 17.9 Å². The van der Waals surface area contributed by atoms with Gasteiger partial charge in [0.25, 0.3) is 11.1 Å². The van der Waals surface area contributed by atoms with Crippen molar-refractivity contribution in [3.8, 4) is 11.5 Å². The van der Waals surface area contributed by atoms with Crippen LogP contribution in [0.4, 0.5) is 0 Å². The number of carbonyl (C=O) groups excluding carboxylic acids is 1. The summed E-state index contributed by atoms with van der Waals surface area (Å²) in [7, 11) is 0. The molecule has 35 heavy (non-hydrogen) atoms. The van der Waals surface area contributed by atoms with Gasteiger partial charge >= 0.3 is 0 Å². The van der Waals surface area contributed by atoms with Gasteiger partial charge in [0, 0.05) is 13.1 Å². The van der Waals surface area contributed by atoms with Crippen molar-refractivity contribution in [2.75, 3.05) is 6.61 Å². The van der Waals surface area contributed by atoms with E-state index in [0.29, 0.717) is 35.7 Å². The minimum absolute atomic E-state index is 0.00590. The molecular formula is C27H25N3O4S. The molecule has 1 amide bonds. The van der Waals surface area contributed by atoms with E-state index in [1.165, 1.54) is 11.8 Å². The first kappa shape index (κ1) is 23.0. The molecule has 2 unspecified atom stereocenters. The lowest BCUT2D eigenvalue weighted by molar-refractivity contribution is -0.131. The summed E-state index contributed by atoms with van der Waals surface area (Å²) in [5, 5.41) is 8.18. The van der Waals surface area contributed by atoms with Gasteiger partial charge in [-0.05, 0) is 30.2 Å². The zero-order valence-electron chi connectivity index (χ0n) is 19.2. The van der Waals surface area contributed by atoms with Gasteiger partial charge < -0.3 is 18.8 Å². The number of aromatic nitrogens is 2. The highest BCUT2D eigenvalue weighted by molar-refractivity contribution is 8.00. The van der Waals surface area contributed by atoms with Crippen LogP contribution in [0, 0.1) is 0 Å². The maximum absolute atomic E-state index is 13.5. The second-order valence-corrected chi connectivity index (χ2v) is 9.49. The highest BCUT2D eigenvalue weighted by Gasteiger charge is 2.29. The van der Waals surface area contributed by atoms with E-state index in [1.807, 2.05) is 96.8 Å². The number of ether oxygens (including phenoxy) is 2. The first-order valence-corrected chi connectivity index (χ1v) is 12.3. The van der Waals surface area contributed by atoms with Crippen LogP contribution in [0.25, 0.3) is 0 Å². The van der Waals surface area contributed by atoms with Gasteiger partial charge in [-0.25, -0.2) is 0 Å². The molecule has 0 bridgehead atoms. The molecule has 0 fully saturated rings. The lowest BCUT2D eigenvalue weighted by Crippen LogP contribution is -2.35. The molecule has 0 radical (unpaired) electrons. The second-order valence-electron chi connectivity index (χ2n) is 8.20. The molecule has 7 nitrogen and oxygen atoms in total. The van der Waals surface area contributed by atoms with Gasteiger partial charge in [-0.3, -0.25) is 4.79 Å². The van der Waals surface area contributed by atoms with Crippen LogP contribution in [0.1, 0.15) is 30.0 Å². The Morgan fingerprint density at radius 1 is 0.914 bits per heavy atom. The normalized spacial score (nSPS) is 15.4. The van der Waals surface area contributed by atoms with E-state index < -0.39 is 11.4 Å². The fourth-order valence-corrected chi connectivity index (χ4v) is 4.59. The Balaban J connectivity index is 1.26. The number of fused-ring (bicyclic) bond motifs is 1. The van der Waals surface area contributed by atoms with E-state index in [1.54, 1.807) is 0 Å². The minimum atomic E-state index is -0.495. The number of nitrogens with zero attached hydrogens (tertiary/aromatic N) is 3. The maximum Gasteiger partial charge on any atom is 0.277 e. The molecule has 2 atom stereocenters. The predicted octanol–water partition coefficient (Wildman–Crippen LogP) is 5.29. The van der Waals surface area contributed by atoms with E-state index in [2.05, 4.69) is 10.2 Å². The smallest absolute Gasteiger partial charge is 0.277 e. The van der Waals surface area contributed by atoms with Crippen molar-refractivity contribution in [2.24, 2.45) is 0 Å². The third kappa shape index (κ3) is 5.66. The molecule has 8 heteroatoms. The van der Waals surface area contributed by atoms with Gasteiger partial charge in [0.05, 0.1) is 5.25 Å². The van der Waals surface area contributed by atoms with Crippen molar-refractivity contribution in [1.82, 2.24) is 15.1 Å². The Bertz CT molecular complexity index is 1220. The van der Waals surface area contributed by atoms with Gasteiger partial charge in [0.2, 0.25) is 12.0 Å². The molecule has 178 valence electrons. The Hall–Kier alpha value is -3.78. The molecule has 5 rings (SSSR count). The van der Waals surface area contributed by atoms with E-state index in [4.69, 9.17) is 13.9 Å². The molecular weight excluding hydrogens is 462 g/mol. The molecule has 3 aromatic carbocycles. The van der Waals surface area contributed by atoms with Crippen LogP contribution < -0.4 is 9.47 Å². The molecule has 0 aliphatic carbocycles. The molecule has 0 spiro atoms. The Labute approximate surface area is 208 Å². The lowest BCUT2D eigenvalue weighted by atomic mass is 10.1. The quantitative estimate of drug-likeness (QED) is 0.313. The first-order chi connectivity index (χ1) is 17.2. The van der Waals surface area contributed by atoms with Crippen molar-refractivity contribution in [3.05, 3.63) is 102 Å². The third-order valence-electron chi connectivity index (χ3n) is 5.58. The topological polar surface area (TPSA) is 77.7 Å². The van der Waals surface area contributed by atoms with Crippen molar-refractivity contribution < 1.29 is 18.7 Å². The number of amides is 1. The van der Waals surface area contributed by atoms with Crippen LogP contribution in [0.2, 0.25) is 0 Å². The van der Waals surface area contributed by atoms with Crippen molar-refractivity contribution in [2.45, 2.75) is 36.6 Å².